The van der Waals surface area contributed by atoms with Gasteiger partial charge in [0.1, 0.15) is 11.9 Å². The van der Waals surface area contributed by atoms with Crippen molar-refractivity contribution in [2.45, 2.75) is 32.4 Å². The molecule has 0 aliphatic carbocycles. The smallest absolute Gasteiger partial charge is 0.330 e. The molecular weight excluding hydrogens is 246 g/mol. The Bertz CT molecular complexity index is 368. The van der Waals surface area contributed by atoms with Gasteiger partial charge in [0.2, 0.25) is 0 Å². The molecule has 2 rings (SSSR count). The van der Waals surface area contributed by atoms with E-state index in [-0.39, 0.29) is 17.6 Å². The predicted molar refractivity (Wildman–Crippen MR) is 72.3 cm³/mol. The zero-order valence-electron chi connectivity index (χ0n) is 11.9. The summed E-state index contributed by atoms with van der Waals surface area (Å²) >= 11 is 0. The molecule has 108 valence electrons. The summed E-state index contributed by atoms with van der Waals surface area (Å²) in [6, 6.07) is -0.316. The third-order valence-corrected chi connectivity index (χ3v) is 3.25. The number of esters is 1. The van der Waals surface area contributed by atoms with Gasteiger partial charge in [0.15, 0.2) is 0 Å². The van der Waals surface area contributed by atoms with E-state index in [0.29, 0.717) is 13.2 Å². The van der Waals surface area contributed by atoms with Crippen LogP contribution in [-0.4, -0.2) is 67.7 Å². The number of hydrogen-bond acceptors (Lipinski definition) is 6. The van der Waals surface area contributed by atoms with Crippen LogP contribution in [-0.2, 0) is 14.3 Å². The summed E-state index contributed by atoms with van der Waals surface area (Å²) in [5.74, 6) is 0.652. The lowest BCUT2D eigenvalue weighted by atomic mass is 10.1. The Hall–Kier alpha value is -1.14. The molecule has 0 aromatic rings. The molecule has 1 saturated heterocycles. The zero-order valence-corrected chi connectivity index (χ0v) is 11.9. The van der Waals surface area contributed by atoms with Crippen LogP contribution in [0, 0.1) is 0 Å². The molecular formula is C13H23N3O3. The molecule has 0 aromatic heterocycles. The molecule has 0 saturated carbocycles. The fourth-order valence-electron chi connectivity index (χ4n) is 2.43. The first-order valence-electron chi connectivity index (χ1n) is 6.83. The van der Waals surface area contributed by atoms with Gasteiger partial charge in [0.05, 0.1) is 31.9 Å². The Morgan fingerprint density at radius 1 is 1.63 bits per heavy atom. The number of amidine groups is 1. The molecule has 0 aromatic carbocycles. The minimum atomic E-state index is -0.316. The van der Waals surface area contributed by atoms with E-state index in [0.717, 1.165) is 32.1 Å². The van der Waals surface area contributed by atoms with E-state index >= 15 is 0 Å². The first-order valence-corrected chi connectivity index (χ1v) is 6.83. The minimum absolute atomic E-state index is 0.113. The maximum atomic E-state index is 11.6. The van der Waals surface area contributed by atoms with Crippen molar-refractivity contribution >= 4 is 11.8 Å². The second-order valence-corrected chi connectivity index (χ2v) is 5.56. The summed E-state index contributed by atoms with van der Waals surface area (Å²) in [5, 5.41) is 3.14. The number of ether oxygens (including phenoxy) is 2. The van der Waals surface area contributed by atoms with Crippen LogP contribution in [0.5, 0.6) is 0 Å². The molecule has 0 amide bonds. The molecule has 0 bridgehead atoms. The Kier molecular flexibility index (Phi) is 4.42. The summed E-state index contributed by atoms with van der Waals surface area (Å²) in [7, 11) is 0. The quantitative estimate of drug-likeness (QED) is 0.730. The van der Waals surface area contributed by atoms with Gasteiger partial charge in [-0.15, -0.1) is 0 Å². The van der Waals surface area contributed by atoms with E-state index in [1.807, 2.05) is 6.92 Å². The topological polar surface area (TPSA) is 63.2 Å². The van der Waals surface area contributed by atoms with Crippen molar-refractivity contribution in [2.75, 3.05) is 39.4 Å². The fraction of sp³-hybridized carbons (Fsp3) is 0.846. The van der Waals surface area contributed by atoms with E-state index in [1.54, 1.807) is 0 Å². The van der Waals surface area contributed by atoms with Crippen molar-refractivity contribution in [3.05, 3.63) is 0 Å². The van der Waals surface area contributed by atoms with Crippen LogP contribution in [0.15, 0.2) is 4.99 Å². The van der Waals surface area contributed by atoms with E-state index in [9.17, 15) is 4.79 Å². The Morgan fingerprint density at radius 2 is 2.42 bits per heavy atom. The van der Waals surface area contributed by atoms with Gasteiger partial charge in [0, 0.05) is 13.1 Å². The summed E-state index contributed by atoms with van der Waals surface area (Å²) in [5.41, 5.74) is -0.113. The second-order valence-electron chi connectivity index (χ2n) is 5.56. The molecule has 1 unspecified atom stereocenters. The van der Waals surface area contributed by atoms with Crippen molar-refractivity contribution in [3.63, 3.8) is 0 Å². The van der Waals surface area contributed by atoms with Crippen LogP contribution in [0.3, 0.4) is 0 Å². The average molecular weight is 269 g/mol. The van der Waals surface area contributed by atoms with Crippen molar-refractivity contribution in [1.82, 2.24) is 10.2 Å². The van der Waals surface area contributed by atoms with E-state index in [4.69, 9.17) is 9.47 Å². The van der Waals surface area contributed by atoms with Gasteiger partial charge >= 0.3 is 5.97 Å². The molecule has 6 heteroatoms. The average Bonchev–Trinajstić information content (AvgIpc) is 2.76. The number of carbonyl (C=O) groups excluding carboxylic acids is 1. The number of morpholine rings is 1. The SMILES string of the molecule is CCOC(=O)C1CN=C(CN2CCOC(C)(C)C2)N1. The Labute approximate surface area is 114 Å². The van der Waals surface area contributed by atoms with E-state index in [2.05, 4.69) is 29.1 Å². The van der Waals surface area contributed by atoms with E-state index < -0.39 is 0 Å². The molecule has 6 nitrogen and oxygen atoms in total. The second kappa shape index (κ2) is 5.88. The number of carbonyl (C=O) groups is 1. The van der Waals surface area contributed by atoms with Crippen LogP contribution in [0.1, 0.15) is 20.8 Å². The number of rotatable bonds is 4. The number of aliphatic imine (C=N–C) groups is 1. The molecule has 2 aliphatic rings. The number of nitrogens with one attached hydrogen (secondary N) is 1. The Morgan fingerprint density at radius 3 is 3.11 bits per heavy atom. The molecule has 1 fully saturated rings. The fourth-order valence-corrected chi connectivity index (χ4v) is 2.43. The number of nitrogens with zero attached hydrogens (tertiary/aromatic N) is 2. The highest BCUT2D eigenvalue weighted by Gasteiger charge is 2.30. The van der Waals surface area contributed by atoms with Crippen LogP contribution in [0.25, 0.3) is 0 Å². The lowest BCUT2D eigenvalue weighted by molar-refractivity contribution is -0.144. The molecule has 19 heavy (non-hydrogen) atoms. The summed E-state index contributed by atoms with van der Waals surface area (Å²) < 4.78 is 10.7. The van der Waals surface area contributed by atoms with Gasteiger partial charge in [-0.2, -0.15) is 0 Å². The molecule has 0 radical (unpaired) electrons. The minimum Gasteiger partial charge on any atom is -0.464 e. The summed E-state index contributed by atoms with van der Waals surface area (Å²) in [6.45, 7) is 10.1. The first-order chi connectivity index (χ1) is 9.00. The van der Waals surface area contributed by atoms with Crippen molar-refractivity contribution in [1.29, 1.82) is 0 Å². The van der Waals surface area contributed by atoms with Crippen molar-refractivity contribution in [2.24, 2.45) is 4.99 Å². The van der Waals surface area contributed by atoms with Gasteiger partial charge in [-0.3, -0.25) is 9.89 Å². The maximum absolute atomic E-state index is 11.6. The predicted octanol–water partition coefficient (Wildman–Crippen LogP) is 0.0306. The highest BCUT2D eigenvalue weighted by atomic mass is 16.5. The normalized spacial score (nSPS) is 26.7. The van der Waals surface area contributed by atoms with Crippen molar-refractivity contribution < 1.29 is 14.3 Å². The van der Waals surface area contributed by atoms with Crippen LogP contribution < -0.4 is 5.32 Å². The van der Waals surface area contributed by atoms with E-state index in [1.165, 1.54) is 0 Å². The van der Waals surface area contributed by atoms with Gasteiger partial charge < -0.3 is 14.8 Å². The summed E-state index contributed by atoms with van der Waals surface area (Å²) in [6.07, 6.45) is 0. The molecule has 1 atom stereocenters. The molecule has 2 aliphatic heterocycles. The first kappa shape index (κ1) is 14.3. The van der Waals surface area contributed by atoms with Gasteiger partial charge in [-0.05, 0) is 20.8 Å². The maximum Gasteiger partial charge on any atom is 0.330 e. The van der Waals surface area contributed by atoms with Gasteiger partial charge in [-0.1, -0.05) is 0 Å². The van der Waals surface area contributed by atoms with Gasteiger partial charge in [0.25, 0.3) is 0 Å². The third-order valence-electron chi connectivity index (χ3n) is 3.25. The lowest BCUT2D eigenvalue weighted by Crippen LogP contribution is -2.51. The Balaban J connectivity index is 1.80. The highest BCUT2D eigenvalue weighted by molar-refractivity contribution is 5.92. The van der Waals surface area contributed by atoms with Crippen LogP contribution in [0.4, 0.5) is 0 Å². The molecule has 0 spiro atoms. The largest absolute Gasteiger partial charge is 0.464 e. The lowest BCUT2D eigenvalue weighted by Gasteiger charge is -2.38. The highest BCUT2D eigenvalue weighted by Crippen LogP contribution is 2.16. The van der Waals surface area contributed by atoms with Crippen molar-refractivity contribution in [3.8, 4) is 0 Å². The molecule has 1 N–H and O–H groups in total. The summed E-state index contributed by atoms with van der Waals surface area (Å²) in [4.78, 5) is 18.3. The molecule has 2 heterocycles. The van der Waals surface area contributed by atoms with Crippen LogP contribution in [0.2, 0.25) is 0 Å². The van der Waals surface area contributed by atoms with Gasteiger partial charge in [-0.25, -0.2) is 4.79 Å². The zero-order chi connectivity index (χ0) is 13.9. The number of hydrogen-bond donors (Lipinski definition) is 1. The third kappa shape index (κ3) is 3.91. The standard InChI is InChI=1S/C13H23N3O3/c1-4-18-12(17)10-7-14-11(15-10)8-16-5-6-19-13(2,3)9-16/h10H,4-9H2,1-3H3,(H,14,15). The van der Waals surface area contributed by atoms with Crippen LogP contribution >= 0.6 is 0 Å². The monoisotopic (exact) mass is 269 g/mol.